The highest BCUT2D eigenvalue weighted by atomic mass is 35.5. The number of piperidine rings is 1. The second kappa shape index (κ2) is 10.4. The van der Waals surface area contributed by atoms with Crippen LogP contribution in [0.5, 0.6) is 5.75 Å². The second-order valence-corrected chi connectivity index (χ2v) is 10.5. The molecule has 2 aromatic carbocycles. The van der Waals surface area contributed by atoms with Crippen molar-refractivity contribution in [3.05, 3.63) is 59.2 Å². The van der Waals surface area contributed by atoms with E-state index in [1.54, 1.807) is 17.5 Å². The maximum Gasteiger partial charge on any atom is 0.243 e. The number of aliphatic imine (C=N–C) groups is 1. The molecule has 2 aliphatic rings. The number of hydrogen-bond acceptors (Lipinski definition) is 6. The molecule has 2 aliphatic heterocycles. The monoisotopic (exact) mass is 492 g/mol. The third-order valence-corrected chi connectivity index (χ3v) is 8.50. The van der Waals surface area contributed by atoms with Crippen molar-refractivity contribution in [2.45, 2.75) is 43.7 Å². The first kappa shape index (κ1) is 25.5. The first-order valence-corrected chi connectivity index (χ1v) is 12.5. The third kappa shape index (κ3) is 5.35. The lowest BCUT2D eigenvalue weighted by Gasteiger charge is -2.44. The summed E-state index contributed by atoms with van der Waals surface area (Å²) in [5, 5.41) is 7.15. The van der Waals surface area contributed by atoms with Gasteiger partial charge in [0.1, 0.15) is 11.6 Å². The maximum absolute atomic E-state index is 13.3. The summed E-state index contributed by atoms with van der Waals surface area (Å²) in [6.45, 7) is 6.89. The number of halogens is 1. The van der Waals surface area contributed by atoms with E-state index in [0.717, 1.165) is 41.4 Å². The van der Waals surface area contributed by atoms with Gasteiger partial charge in [-0.3, -0.25) is 4.99 Å². The summed E-state index contributed by atoms with van der Waals surface area (Å²) in [7, 11) is -1.86. The van der Waals surface area contributed by atoms with Gasteiger partial charge < -0.3 is 15.4 Å². The van der Waals surface area contributed by atoms with Crippen molar-refractivity contribution in [2.75, 3.05) is 33.3 Å². The van der Waals surface area contributed by atoms with Gasteiger partial charge in [-0.25, -0.2) is 8.42 Å². The van der Waals surface area contributed by atoms with E-state index >= 15 is 0 Å². The predicted molar refractivity (Wildman–Crippen MR) is 134 cm³/mol. The predicted octanol–water partition coefficient (Wildman–Crippen LogP) is 3.05. The number of nitrogens with one attached hydrogen (secondary N) is 2. The Balaban J connectivity index is 0.00000306. The number of sulfonamides is 1. The summed E-state index contributed by atoms with van der Waals surface area (Å²) in [5.74, 6) is 1.77. The first-order chi connectivity index (χ1) is 15.3. The number of aryl methyl sites for hydroxylation is 2. The highest BCUT2D eigenvalue weighted by Crippen LogP contribution is 2.30. The van der Waals surface area contributed by atoms with Crippen LogP contribution >= 0.6 is 12.4 Å². The highest BCUT2D eigenvalue weighted by Gasteiger charge is 2.43. The van der Waals surface area contributed by atoms with Crippen LogP contribution in [0, 0.1) is 13.8 Å². The van der Waals surface area contributed by atoms with Gasteiger partial charge in [-0.05, 0) is 61.6 Å². The van der Waals surface area contributed by atoms with E-state index in [-0.39, 0.29) is 17.9 Å². The van der Waals surface area contributed by atoms with Crippen LogP contribution in [-0.2, 0) is 16.6 Å². The van der Waals surface area contributed by atoms with E-state index < -0.39 is 10.0 Å². The largest absolute Gasteiger partial charge is 0.497 e. The van der Waals surface area contributed by atoms with Crippen molar-refractivity contribution in [3.63, 3.8) is 0 Å². The zero-order chi connectivity index (χ0) is 22.8. The standard InChI is InChI=1S/C24H32N4O3S.ClH/c1-18-4-5-19(2)22(16-18)32(29,30)28-14-10-24(11-15-28)23(25-12-13-27-24)26-17-20-6-8-21(31-3)9-7-20;/h4-9,16,27H,10-15,17H2,1-3H3,(H,25,26);1H. The highest BCUT2D eigenvalue weighted by molar-refractivity contribution is 7.89. The lowest BCUT2D eigenvalue weighted by molar-refractivity contribution is 0.241. The van der Waals surface area contributed by atoms with E-state index in [1.165, 1.54) is 0 Å². The van der Waals surface area contributed by atoms with Crippen molar-refractivity contribution in [3.8, 4) is 5.75 Å². The SMILES string of the molecule is COc1ccc(CNC2=NCCNC23CCN(S(=O)(=O)c2cc(C)ccc2C)CC3)cc1.Cl. The molecule has 0 saturated carbocycles. The average molecular weight is 493 g/mol. The van der Waals surface area contributed by atoms with E-state index in [4.69, 9.17) is 9.73 Å². The number of methoxy groups -OCH3 is 1. The molecular weight excluding hydrogens is 460 g/mol. The molecule has 2 aromatic rings. The van der Waals surface area contributed by atoms with E-state index in [9.17, 15) is 8.42 Å². The summed E-state index contributed by atoms with van der Waals surface area (Å²) in [5.41, 5.74) is 2.58. The summed E-state index contributed by atoms with van der Waals surface area (Å²) in [6, 6.07) is 13.6. The molecule has 1 fully saturated rings. The molecular formula is C24H33ClN4O3S. The Kier molecular flexibility index (Phi) is 8.05. The number of amidine groups is 1. The van der Waals surface area contributed by atoms with Crippen LogP contribution in [0.2, 0.25) is 0 Å². The van der Waals surface area contributed by atoms with Gasteiger partial charge in [-0.15, -0.1) is 12.4 Å². The fourth-order valence-corrected chi connectivity index (χ4v) is 6.25. The minimum atomic E-state index is -3.52. The molecule has 0 amide bonds. The van der Waals surface area contributed by atoms with Gasteiger partial charge in [0.15, 0.2) is 0 Å². The number of ether oxygens (including phenoxy) is 1. The van der Waals surface area contributed by atoms with E-state index in [0.29, 0.717) is 37.4 Å². The van der Waals surface area contributed by atoms with E-state index in [1.807, 2.05) is 50.2 Å². The summed E-state index contributed by atoms with van der Waals surface area (Å²) in [4.78, 5) is 5.19. The number of hydrogen-bond donors (Lipinski definition) is 2. The molecule has 0 aliphatic carbocycles. The van der Waals surface area contributed by atoms with Crippen LogP contribution in [0.4, 0.5) is 0 Å². The van der Waals surface area contributed by atoms with Crippen molar-refractivity contribution in [1.82, 2.24) is 14.9 Å². The maximum atomic E-state index is 13.3. The molecule has 2 N–H and O–H groups in total. The molecule has 0 aromatic heterocycles. The van der Waals surface area contributed by atoms with Crippen LogP contribution < -0.4 is 15.4 Å². The van der Waals surface area contributed by atoms with Gasteiger partial charge in [-0.1, -0.05) is 24.3 Å². The van der Waals surface area contributed by atoms with Crippen molar-refractivity contribution < 1.29 is 13.2 Å². The van der Waals surface area contributed by atoms with Crippen LogP contribution in [0.3, 0.4) is 0 Å². The molecule has 0 bridgehead atoms. The Labute approximate surface area is 203 Å². The van der Waals surface area contributed by atoms with Crippen molar-refractivity contribution >= 4 is 28.3 Å². The van der Waals surface area contributed by atoms with Gasteiger partial charge in [0.25, 0.3) is 0 Å². The van der Waals surface area contributed by atoms with Gasteiger partial charge in [0.05, 0.1) is 24.1 Å². The van der Waals surface area contributed by atoms with Crippen molar-refractivity contribution in [1.29, 1.82) is 0 Å². The molecule has 0 atom stereocenters. The molecule has 7 nitrogen and oxygen atoms in total. The number of rotatable bonds is 5. The molecule has 0 radical (unpaired) electrons. The lowest BCUT2D eigenvalue weighted by atomic mass is 9.85. The fourth-order valence-electron chi connectivity index (χ4n) is 4.50. The Morgan fingerprint density at radius 2 is 1.82 bits per heavy atom. The Hall–Kier alpha value is -2.13. The Bertz CT molecular complexity index is 1100. The fraction of sp³-hybridized carbons (Fsp3) is 0.458. The molecule has 2 heterocycles. The summed E-state index contributed by atoms with van der Waals surface area (Å²) in [6.07, 6.45) is 1.37. The second-order valence-electron chi connectivity index (χ2n) is 8.61. The van der Waals surface area contributed by atoms with Gasteiger partial charge in [-0.2, -0.15) is 4.31 Å². The molecule has 0 unspecified atom stereocenters. The van der Waals surface area contributed by atoms with Crippen LogP contribution in [-0.4, -0.2) is 57.4 Å². The lowest BCUT2D eigenvalue weighted by Crippen LogP contribution is -2.64. The van der Waals surface area contributed by atoms with Crippen LogP contribution in [0.25, 0.3) is 0 Å². The van der Waals surface area contributed by atoms with Gasteiger partial charge in [0.2, 0.25) is 10.0 Å². The molecule has 9 heteroatoms. The Morgan fingerprint density at radius 1 is 1.12 bits per heavy atom. The molecule has 1 saturated heterocycles. The molecule has 180 valence electrons. The van der Waals surface area contributed by atoms with E-state index in [2.05, 4.69) is 10.6 Å². The minimum absolute atomic E-state index is 0. The number of nitrogens with zero attached hydrogens (tertiary/aromatic N) is 2. The Morgan fingerprint density at radius 3 is 2.48 bits per heavy atom. The quantitative estimate of drug-likeness (QED) is 0.670. The zero-order valence-electron chi connectivity index (χ0n) is 19.4. The summed E-state index contributed by atoms with van der Waals surface area (Å²) >= 11 is 0. The van der Waals surface area contributed by atoms with Crippen LogP contribution in [0.1, 0.15) is 29.5 Å². The van der Waals surface area contributed by atoms with Crippen LogP contribution in [0.15, 0.2) is 52.4 Å². The number of benzene rings is 2. The first-order valence-electron chi connectivity index (χ1n) is 11.1. The molecule has 4 rings (SSSR count). The third-order valence-electron chi connectivity index (χ3n) is 6.45. The average Bonchev–Trinajstić information content (AvgIpc) is 2.81. The van der Waals surface area contributed by atoms with Gasteiger partial charge in [0, 0.05) is 26.2 Å². The summed E-state index contributed by atoms with van der Waals surface area (Å²) < 4.78 is 33.5. The zero-order valence-corrected chi connectivity index (χ0v) is 21.1. The molecule has 1 spiro atoms. The topological polar surface area (TPSA) is 83.0 Å². The normalized spacial score (nSPS) is 18.3. The molecule has 33 heavy (non-hydrogen) atoms. The smallest absolute Gasteiger partial charge is 0.243 e. The van der Waals surface area contributed by atoms with Gasteiger partial charge >= 0.3 is 0 Å². The van der Waals surface area contributed by atoms with Crippen molar-refractivity contribution in [2.24, 2.45) is 4.99 Å². The minimum Gasteiger partial charge on any atom is -0.497 e.